The number of methoxy groups -OCH3 is 4. The number of carbonyl (C=O) groups excluding carboxylic acids is 2. The zero-order valence-corrected chi connectivity index (χ0v) is 30.8. The van der Waals surface area contributed by atoms with Crippen molar-refractivity contribution < 1.29 is 38.7 Å². The number of aliphatic imine (C=N–C) groups is 2. The van der Waals surface area contributed by atoms with Crippen molar-refractivity contribution in [2.75, 3.05) is 41.5 Å². The number of benzene rings is 2. The molecule has 2 fully saturated rings. The minimum Gasteiger partial charge on any atom is -0.511 e. The maximum absolute atomic E-state index is 13.4. The van der Waals surface area contributed by atoms with Crippen molar-refractivity contribution in [1.82, 2.24) is 0 Å². The lowest BCUT2D eigenvalue weighted by Crippen LogP contribution is -2.33. The first kappa shape index (κ1) is 38.2. The molecule has 0 aromatic heterocycles. The maximum Gasteiger partial charge on any atom is 0.168 e. The highest BCUT2D eigenvalue weighted by Gasteiger charge is 2.38. The topological polar surface area (TPSA) is 136 Å². The van der Waals surface area contributed by atoms with Crippen LogP contribution in [-0.2, 0) is 22.4 Å². The summed E-state index contributed by atoms with van der Waals surface area (Å²) in [6.07, 6.45) is 2.79. The second-order valence-electron chi connectivity index (χ2n) is 14.6. The van der Waals surface area contributed by atoms with E-state index in [0.717, 1.165) is 11.1 Å². The molecule has 4 rings (SSSR count). The van der Waals surface area contributed by atoms with Gasteiger partial charge in [-0.1, -0.05) is 39.8 Å². The van der Waals surface area contributed by atoms with Crippen LogP contribution >= 0.6 is 0 Å². The number of ether oxygens (including phenoxy) is 4. The van der Waals surface area contributed by atoms with Gasteiger partial charge in [-0.15, -0.1) is 0 Å². The smallest absolute Gasteiger partial charge is 0.168 e. The summed E-state index contributed by atoms with van der Waals surface area (Å²) in [6, 6.07) is 11.4. The molecule has 10 heteroatoms. The number of allylic oxidation sites excluding steroid dienone is 4. The lowest BCUT2D eigenvalue weighted by molar-refractivity contribution is -0.118. The van der Waals surface area contributed by atoms with Gasteiger partial charge in [-0.25, -0.2) is 0 Å². The monoisotopic (exact) mass is 688 g/mol. The summed E-state index contributed by atoms with van der Waals surface area (Å²) in [5.41, 5.74) is 2.94. The van der Waals surface area contributed by atoms with Crippen LogP contribution in [0, 0.1) is 10.8 Å². The number of rotatable bonds is 13. The van der Waals surface area contributed by atoms with Crippen LogP contribution in [0.15, 0.2) is 69.0 Å². The Labute approximate surface area is 295 Å². The molecule has 0 bridgehead atoms. The Bertz CT molecular complexity index is 1590. The van der Waals surface area contributed by atoms with Crippen LogP contribution in [0.3, 0.4) is 0 Å². The molecule has 50 heavy (non-hydrogen) atoms. The van der Waals surface area contributed by atoms with E-state index in [1.807, 2.05) is 64.1 Å². The summed E-state index contributed by atoms with van der Waals surface area (Å²) in [4.78, 5) is 36.4. The maximum atomic E-state index is 13.4. The second kappa shape index (κ2) is 16.4. The van der Waals surface area contributed by atoms with Gasteiger partial charge < -0.3 is 29.2 Å². The van der Waals surface area contributed by atoms with Crippen LogP contribution in [0.4, 0.5) is 0 Å². The van der Waals surface area contributed by atoms with Gasteiger partial charge in [0, 0.05) is 50.2 Å². The van der Waals surface area contributed by atoms with E-state index >= 15 is 0 Å². The second-order valence-corrected chi connectivity index (χ2v) is 14.6. The van der Waals surface area contributed by atoms with Gasteiger partial charge in [-0.3, -0.25) is 19.6 Å². The van der Waals surface area contributed by atoms with E-state index in [2.05, 4.69) is 0 Å². The molecule has 0 spiro atoms. The first-order valence-corrected chi connectivity index (χ1v) is 17.1. The average molecular weight is 689 g/mol. The molecule has 10 nitrogen and oxygen atoms in total. The van der Waals surface area contributed by atoms with Gasteiger partial charge in [0.1, 0.15) is 11.5 Å². The lowest BCUT2D eigenvalue weighted by Gasteiger charge is -2.32. The fourth-order valence-electron chi connectivity index (χ4n) is 6.70. The third-order valence-corrected chi connectivity index (χ3v) is 9.18. The van der Waals surface area contributed by atoms with Crippen molar-refractivity contribution in [2.45, 2.75) is 79.1 Å². The number of Topliss-reactive ketones (excluding diaryl/α,β-unsaturated/α-hetero) is 2. The highest BCUT2D eigenvalue weighted by molar-refractivity contribution is 6.25. The summed E-state index contributed by atoms with van der Waals surface area (Å²) in [6.45, 7) is 8.88. The van der Waals surface area contributed by atoms with Gasteiger partial charge in [0.15, 0.2) is 34.6 Å². The van der Waals surface area contributed by atoms with Crippen molar-refractivity contribution >= 4 is 23.0 Å². The van der Waals surface area contributed by atoms with Crippen LogP contribution < -0.4 is 18.9 Å². The molecule has 2 N–H and O–H groups in total. The van der Waals surface area contributed by atoms with Crippen LogP contribution in [0.5, 0.6) is 23.0 Å². The van der Waals surface area contributed by atoms with Crippen molar-refractivity contribution in [3.63, 3.8) is 0 Å². The molecule has 2 aromatic rings. The highest BCUT2D eigenvalue weighted by atomic mass is 16.5. The van der Waals surface area contributed by atoms with E-state index in [1.54, 1.807) is 28.4 Å². The van der Waals surface area contributed by atoms with Crippen LogP contribution in [0.2, 0.25) is 0 Å². The highest BCUT2D eigenvalue weighted by Crippen LogP contribution is 2.38. The quantitative estimate of drug-likeness (QED) is 0.163. The molecular formula is C40H52N2O8. The Kier molecular flexibility index (Phi) is 12.5. The van der Waals surface area contributed by atoms with E-state index in [4.69, 9.17) is 28.9 Å². The summed E-state index contributed by atoms with van der Waals surface area (Å²) in [5.74, 6) is 1.93. The van der Waals surface area contributed by atoms with Gasteiger partial charge in [-0.05, 0) is 71.9 Å². The molecular weight excluding hydrogens is 636 g/mol. The molecule has 0 atom stereocenters. The molecule has 2 saturated carbocycles. The van der Waals surface area contributed by atoms with E-state index in [9.17, 15) is 19.8 Å². The fourth-order valence-corrected chi connectivity index (χ4v) is 6.70. The predicted octanol–water partition coefficient (Wildman–Crippen LogP) is 7.57. The van der Waals surface area contributed by atoms with Gasteiger partial charge >= 0.3 is 0 Å². The number of carbonyl (C=O) groups is 2. The number of aliphatic hydroxyl groups excluding tert-OH is 2. The number of ketones is 2. The van der Waals surface area contributed by atoms with Gasteiger partial charge in [0.25, 0.3) is 0 Å². The Morgan fingerprint density at radius 3 is 1.30 bits per heavy atom. The first-order valence-electron chi connectivity index (χ1n) is 17.1. The van der Waals surface area contributed by atoms with E-state index < -0.39 is 0 Å². The Balaban J connectivity index is 1.55. The lowest BCUT2D eigenvalue weighted by atomic mass is 9.72. The third-order valence-electron chi connectivity index (χ3n) is 9.18. The predicted molar refractivity (Wildman–Crippen MR) is 196 cm³/mol. The van der Waals surface area contributed by atoms with Crippen LogP contribution in [0.25, 0.3) is 0 Å². The molecule has 0 amide bonds. The number of nitrogens with zero attached hydrogens (tertiary/aromatic N) is 2. The normalized spacial score (nSPS) is 20.9. The third kappa shape index (κ3) is 9.55. The van der Waals surface area contributed by atoms with Crippen molar-refractivity contribution in [3.8, 4) is 23.0 Å². The minimum absolute atomic E-state index is 0.0128. The van der Waals surface area contributed by atoms with Gasteiger partial charge in [-0.2, -0.15) is 0 Å². The molecule has 0 heterocycles. The van der Waals surface area contributed by atoms with E-state index in [-0.39, 0.29) is 70.7 Å². The number of aliphatic hydroxyl groups is 2. The number of hydrogen-bond acceptors (Lipinski definition) is 10. The van der Waals surface area contributed by atoms with Crippen molar-refractivity contribution in [2.24, 2.45) is 20.8 Å². The molecule has 270 valence electrons. The molecule has 2 aliphatic carbocycles. The van der Waals surface area contributed by atoms with Crippen molar-refractivity contribution in [3.05, 3.63) is 70.2 Å². The van der Waals surface area contributed by atoms with Gasteiger partial charge in [0.2, 0.25) is 0 Å². The minimum atomic E-state index is -0.309. The summed E-state index contributed by atoms with van der Waals surface area (Å²) in [5, 5.41) is 22.6. The Hall–Kier alpha value is -4.60. The molecule has 0 aliphatic heterocycles. The van der Waals surface area contributed by atoms with Gasteiger partial charge in [0.05, 0.1) is 39.6 Å². The Morgan fingerprint density at radius 2 is 0.960 bits per heavy atom. The SMILES string of the molecule is COc1ccc(CCN=C2CC(C)(C)CC(=O)C2=C(O)CCC(O)=C2C(=O)CC(C)(C)CC2=NCCc2ccc(OC)c(OC)c2)cc1OC. The summed E-state index contributed by atoms with van der Waals surface area (Å²) < 4.78 is 21.5. The van der Waals surface area contributed by atoms with E-state index in [1.165, 1.54) is 0 Å². The first-order chi connectivity index (χ1) is 23.7. The average Bonchev–Trinajstić information content (AvgIpc) is 3.05. The zero-order valence-electron chi connectivity index (χ0n) is 30.8. The molecule has 0 radical (unpaired) electrons. The number of hydrogen-bond donors (Lipinski definition) is 2. The van der Waals surface area contributed by atoms with Crippen LogP contribution in [-0.4, -0.2) is 74.7 Å². The van der Waals surface area contributed by atoms with Crippen LogP contribution in [0.1, 0.15) is 77.3 Å². The molecule has 2 aromatic carbocycles. The summed E-state index contributed by atoms with van der Waals surface area (Å²) >= 11 is 0. The summed E-state index contributed by atoms with van der Waals surface area (Å²) in [7, 11) is 6.36. The molecule has 0 unspecified atom stereocenters. The molecule has 0 saturated heterocycles. The fraction of sp³-hybridized carbons (Fsp3) is 0.500. The Morgan fingerprint density at radius 1 is 0.600 bits per heavy atom. The largest absolute Gasteiger partial charge is 0.511 e. The molecule has 2 aliphatic rings. The zero-order chi connectivity index (χ0) is 36.6. The standard InChI is InChI=1S/C40H52N2O8/c1-39(2)21-27(41-17-15-25-9-13-33(47-5)35(19-25)49-7)37(31(45)23-39)29(43)11-12-30(44)38-28(22-40(3,4)24-32(38)46)42-18-16-26-10-14-34(48-6)36(20-26)50-8/h9-10,13-14,19-20,43-44H,11-12,15-18,21-24H2,1-8H3. The van der Waals surface area contributed by atoms with E-state index in [0.29, 0.717) is 73.2 Å². The van der Waals surface area contributed by atoms with Crippen molar-refractivity contribution in [1.29, 1.82) is 0 Å².